The summed E-state index contributed by atoms with van der Waals surface area (Å²) >= 11 is 0. The fourth-order valence-corrected chi connectivity index (χ4v) is 6.46. The summed E-state index contributed by atoms with van der Waals surface area (Å²) in [5.74, 6) is -0.0718. The van der Waals surface area contributed by atoms with E-state index in [4.69, 9.17) is 9.47 Å². The minimum atomic E-state index is -3.88. The highest BCUT2D eigenvalue weighted by Gasteiger charge is 2.38. The van der Waals surface area contributed by atoms with E-state index in [2.05, 4.69) is 0 Å². The average molecular weight is 480 g/mol. The van der Waals surface area contributed by atoms with Gasteiger partial charge in [0.1, 0.15) is 13.2 Å². The fraction of sp³-hybridized carbons (Fsp3) is 0.269. The van der Waals surface area contributed by atoms with E-state index in [0.29, 0.717) is 47.1 Å². The number of aliphatic carboxylic acids is 1. The molecule has 1 N–H and O–H groups in total. The normalized spacial score (nSPS) is 15.5. The van der Waals surface area contributed by atoms with Crippen LogP contribution in [0.3, 0.4) is 0 Å². The fourth-order valence-electron chi connectivity index (χ4n) is 5.00. The van der Waals surface area contributed by atoms with Crippen LogP contribution >= 0.6 is 0 Å². The van der Waals surface area contributed by atoms with Gasteiger partial charge in [0.05, 0.1) is 17.0 Å². The molecule has 176 valence electrons. The Balaban J connectivity index is 1.91. The van der Waals surface area contributed by atoms with Gasteiger partial charge in [-0.25, -0.2) is 8.42 Å². The number of anilines is 1. The van der Waals surface area contributed by atoms with Gasteiger partial charge in [-0.05, 0) is 54.7 Å². The summed E-state index contributed by atoms with van der Waals surface area (Å²) in [6, 6.07) is 11.2. The van der Waals surface area contributed by atoms with Crippen LogP contribution in [-0.2, 0) is 21.2 Å². The van der Waals surface area contributed by atoms with Crippen molar-refractivity contribution in [2.75, 3.05) is 24.6 Å². The molecule has 2 aliphatic rings. The van der Waals surface area contributed by atoms with Crippen LogP contribution in [0.2, 0.25) is 0 Å². The monoisotopic (exact) mass is 479 g/mol. The molecule has 0 bridgehead atoms. The minimum Gasteiger partial charge on any atom is -0.486 e. The van der Waals surface area contributed by atoms with Crippen molar-refractivity contribution in [1.29, 1.82) is 0 Å². The summed E-state index contributed by atoms with van der Waals surface area (Å²) in [7, 11) is -2.37. The lowest BCUT2D eigenvalue weighted by Crippen LogP contribution is -2.32. The molecule has 8 heteroatoms. The van der Waals surface area contributed by atoms with Crippen molar-refractivity contribution in [2.45, 2.75) is 32.1 Å². The zero-order valence-corrected chi connectivity index (χ0v) is 20.2. The zero-order valence-electron chi connectivity index (χ0n) is 19.4. The third kappa shape index (κ3) is 3.24. The molecule has 0 saturated carbocycles. The number of ether oxygens (including phenoxy) is 2. The summed E-state index contributed by atoms with van der Waals surface area (Å²) in [5, 5.41) is 9.70. The van der Waals surface area contributed by atoms with Crippen molar-refractivity contribution in [3.8, 4) is 33.8 Å². The van der Waals surface area contributed by atoms with Crippen LogP contribution in [0, 0.1) is 20.8 Å². The second-order valence-electron chi connectivity index (χ2n) is 8.73. The molecule has 0 spiro atoms. The first kappa shape index (κ1) is 22.3. The van der Waals surface area contributed by atoms with E-state index in [-0.39, 0.29) is 11.3 Å². The predicted octanol–water partition coefficient (Wildman–Crippen LogP) is 4.48. The minimum absolute atomic E-state index is 0.148. The number of fused-ring (bicyclic) bond motifs is 4. The van der Waals surface area contributed by atoms with Gasteiger partial charge in [-0.1, -0.05) is 29.8 Å². The summed E-state index contributed by atoms with van der Waals surface area (Å²) in [6.07, 6.45) is -0.217. The topological polar surface area (TPSA) is 93.1 Å². The van der Waals surface area contributed by atoms with E-state index in [9.17, 15) is 18.3 Å². The van der Waals surface area contributed by atoms with Crippen LogP contribution in [0.4, 0.5) is 5.69 Å². The molecule has 7 nitrogen and oxygen atoms in total. The maximum Gasteiger partial charge on any atom is 0.307 e. The van der Waals surface area contributed by atoms with Gasteiger partial charge in [-0.15, -0.1) is 0 Å². The van der Waals surface area contributed by atoms with Gasteiger partial charge in [-0.3, -0.25) is 9.10 Å². The van der Waals surface area contributed by atoms with Gasteiger partial charge >= 0.3 is 5.97 Å². The van der Waals surface area contributed by atoms with E-state index < -0.39 is 16.0 Å². The number of carboxylic acids is 1. The first-order chi connectivity index (χ1) is 16.1. The van der Waals surface area contributed by atoms with Crippen molar-refractivity contribution in [1.82, 2.24) is 0 Å². The molecule has 0 unspecified atom stereocenters. The molecule has 34 heavy (non-hydrogen) atoms. The zero-order chi connectivity index (χ0) is 24.4. The van der Waals surface area contributed by atoms with Gasteiger partial charge in [0.2, 0.25) is 0 Å². The molecule has 0 atom stereocenters. The Bertz CT molecular complexity index is 1460. The number of hydrogen-bond donors (Lipinski definition) is 1. The Kier molecular flexibility index (Phi) is 5.09. The molecule has 0 radical (unpaired) electrons. The molecular formula is C26H25NO6S. The molecule has 0 saturated heterocycles. The highest BCUT2D eigenvalue weighted by molar-refractivity contribution is 7.93. The molecule has 0 aliphatic carbocycles. The Morgan fingerprint density at radius 1 is 0.971 bits per heavy atom. The number of sulfonamides is 1. The lowest BCUT2D eigenvalue weighted by molar-refractivity contribution is -0.136. The van der Waals surface area contributed by atoms with Crippen LogP contribution in [0.1, 0.15) is 22.3 Å². The quantitative estimate of drug-likeness (QED) is 0.595. The van der Waals surface area contributed by atoms with Crippen LogP contribution < -0.4 is 13.8 Å². The van der Waals surface area contributed by atoms with Crippen LogP contribution in [0.15, 0.2) is 41.3 Å². The standard InChI is InChI=1S/C26H25NO6S/c1-14-5-7-17(8-6-14)24-16(3)25-19-11-20-21(33-10-9-32-20)13-22(19)34(30,31)27(4)26(25)15(2)18(24)12-23(28)29/h5-8,11,13H,9-10,12H2,1-4H3,(H,28,29). The van der Waals surface area contributed by atoms with E-state index in [1.807, 2.05) is 38.1 Å². The van der Waals surface area contributed by atoms with Gasteiger partial charge in [0.25, 0.3) is 10.0 Å². The first-order valence-corrected chi connectivity index (χ1v) is 12.4. The summed E-state index contributed by atoms with van der Waals surface area (Å²) < 4.78 is 39.8. The Labute approximate surface area is 198 Å². The molecular weight excluding hydrogens is 454 g/mol. The number of carboxylic acid groups (broad SMARTS) is 1. The van der Waals surface area contributed by atoms with E-state index in [0.717, 1.165) is 27.8 Å². The van der Waals surface area contributed by atoms with Crippen molar-refractivity contribution in [3.63, 3.8) is 0 Å². The average Bonchev–Trinajstić information content (AvgIpc) is 2.80. The summed E-state index contributed by atoms with van der Waals surface area (Å²) in [6.45, 7) is 6.45. The summed E-state index contributed by atoms with van der Waals surface area (Å²) in [4.78, 5) is 12.0. The Hall–Kier alpha value is -3.52. The lowest BCUT2D eigenvalue weighted by atomic mass is 9.83. The van der Waals surface area contributed by atoms with Crippen LogP contribution in [0.5, 0.6) is 11.5 Å². The SMILES string of the molecule is Cc1ccc(-c2c(C)c3c(c(C)c2CC(=O)O)N(C)S(=O)(=O)c2cc4c(cc2-3)OCCO4)cc1. The largest absolute Gasteiger partial charge is 0.486 e. The molecule has 0 aromatic heterocycles. The molecule has 0 fully saturated rings. The number of rotatable bonds is 3. The smallest absolute Gasteiger partial charge is 0.307 e. The van der Waals surface area contributed by atoms with Crippen molar-refractivity contribution < 1.29 is 27.8 Å². The predicted molar refractivity (Wildman–Crippen MR) is 129 cm³/mol. The number of carbonyl (C=O) groups is 1. The lowest BCUT2D eigenvalue weighted by Gasteiger charge is -2.35. The second-order valence-corrected chi connectivity index (χ2v) is 10.7. The van der Waals surface area contributed by atoms with Gasteiger partial charge in [0, 0.05) is 24.2 Å². The van der Waals surface area contributed by atoms with Gasteiger partial charge in [-0.2, -0.15) is 0 Å². The second kappa shape index (κ2) is 7.77. The van der Waals surface area contributed by atoms with Crippen molar-refractivity contribution >= 4 is 21.7 Å². The third-order valence-corrected chi connectivity index (χ3v) is 8.43. The molecule has 2 aliphatic heterocycles. The molecule has 3 aromatic carbocycles. The Morgan fingerprint density at radius 3 is 2.21 bits per heavy atom. The first-order valence-electron chi connectivity index (χ1n) is 11.0. The van der Waals surface area contributed by atoms with Crippen molar-refractivity contribution in [2.24, 2.45) is 0 Å². The van der Waals surface area contributed by atoms with E-state index in [1.54, 1.807) is 13.0 Å². The highest BCUT2D eigenvalue weighted by atomic mass is 32.2. The molecule has 5 rings (SSSR count). The summed E-state index contributed by atoms with van der Waals surface area (Å²) in [5.41, 5.74) is 6.64. The maximum absolute atomic E-state index is 13.6. The number of nitrogens with zero attached hydrogens (tertiary/aromatic N) is 1. The number of aryl methyl sites for hydroxylation is 1. The molecule has 2 heterocycles. The highest BCUT2D eigenvalue weighted by Crippen LogP contribution is 2.52. The molecule has 3 aromatic rings. The van der Waals surface area contributed by atoms with Crippen LogP contribution in [0.25, 0.3) is 22.3 Å². The van der Waals surface area contributed by atoms with E-state index >= 15 is 0 Å². The van der Waals surface area contributed by atoms with E-state index in [1.165, 1.54) is 17.4 Å². The molecule has 0 amide bonds. The van der Waals surface area contributed by atoms with Gasteiger partial charge < -0.3 is 14.6 Å². The van der Waals surface area contributed by atoms with Gasteiger partial charge in [0.15, 0.2) is 11.5 Å². The number of benzene rings is 3. The van der Waals surface area contributed by atoms with Crippen LogP contribution in [-0.4, -0.2) is 39.8 Å². The number of hydrogen-bond acceptors (Lipinski definition) is 5. The Morgan fingerprint density at radius 2 is 1.59 bits per heavy atom. The third-order valence-electron chi connectivity index (χ3n) is 6.63. The van der Waals surface area contributed by atoms with Crippen molar-refractivity contribution in [3.05, 3.63) is 58.7 Å². The maximum atomic E-state index is 13.6.